The minimum atomic E-state index is -0.710. The fraction of sp³-hybridized carbons (Fsp3) is 0.235. The summed E-state index contributed by atoms with van der Waals surface area (Å²) in [6, 6.07) is 12.4. The molecule has 2 aromatic carbocycles. The van der Waals surface area contributed by atoms with Gasteiger partial charge in [0.05, 0.1) is 14.2 Å². The molecule has 1 atom stereocenters. The van der Waals surface area contributed by atoms with E-state index < -0.39 is 6.10 Å². The second-order valence-corrected chi connectivity index (χ2v) is 4.92. The van der Waals surface area contributed by atoms with Gasteiger partial charge in [0.15, 0.2) is 23.0 Å². The lowest BCUT2D eigenvalue weighted by Gasteiger charge is -2.25. The molecule has 1 N–H and O–H groups in total. The minimum Gasteiger partial charge on any atom is -0.493 e. The molecule has 1 heterocycles. The van der Waals surface area contributed by atoms with Crippen molar-refractivity contribution < 1.29 is 23.7 Å². The van der Waals surface area contributed by atoms with Gasteiger partial charge >= 0.3 is 0 Å². The molecule has 0 aromatic heterocycles. The number of carbonyl (C=O) groups excluding carboxylic acids is 1. The van der Waals surface area contributed by atoms with Crippen LogP contribution in [0.15, 0.2) is 42.5 Å². The number of hydrogen-bond acceptors (Lipinski definition) is 5. The van der Waals surface area contributed by atoms with Crippen molar-refractivity contribution in [3.05, 3.63) is 42.5 Å². The molecule has 0 unspecified atom stereocenters. The lowest BCUT2D eigenvalue weighted by molar-refractivity contribution is -0.125. The predicted molar refractivity (Wildman–Crippen MR) is 84.5 cm³/mol. The van der Waals surface area contributed by atoms with E-state index in [2.05, 4.69) is 5.32 Å². The van der Waals surface area contributed by atoms with Crippen LogP contribution in [0, 0.1) is 0 Å². The first kappa shape index (κ1) is 15.0. The largest absolute Gasteiger partial charge is 0.493 e. The summed E-state index contributed by atoms with van der Waals surface area (Å²) in [6.07, 6.45) is -0.710. The number of methoxy groups -OCH3 is 2. The Labute approximate surface area is 133 Å². The van der Waals surface area contributed by atoms with Crippen LogP contribution in [0.1, 0.15) is 0 Å². The maximum absolute atomic E-state index is 12.3. The fourth-order valence-corrected chi connectivity index (χ4v) is 2.29. The molecule has 120 valence electrons. The van der Waals surface area contributed by atoms with E-state index in [1.807, 2.05) is 12.1 Å². The summed E-state index contributed by atoms with van der Waals surface area (Å²) in [7, 11) is 3.10. The van der Waals surface area contributed by atoms with Crippen LogP contribution < -0.4 is 24.3 Å². The maximum atomic E-state index is 12.3. The molecule has 0 bridgehead atoms. The molecule has 0 radical (unpaired) electrons. The van der Waals surface area contributed by atoms with E-state index in [9.17, 15) is 4.79 Å². The highest BCUT2D eigenvalue weighted by Crippen LogP contribution is 2.32. The van der Waals surface area contributed by atoms with Crippen LogP contribution in [0.2, 0.25) is 0 Å². The summed E-state index contributed by atoms with van der Waals surface area (Å²) in [5, 5.41) is 2.79. The number of hydrogen-bond donors (Lipinski definition) is 1. The third-order valence-electron chi connectivity index (χ3n) is 3.45. The first-order chi connectivity index (χ1) is 11.2. The van der Waals surface area contributed by atoms with Gasteiger partial charge in [0.25, 0.3) is 5.91 Å². The molecular weight excluding hydrogens is 298 g/mol. The van der Waals surface area contributed by atoms with Gasteiger partial charge in [0.2, 0.25) is 6.10 Å². The van der Waals surface area contributed by atoms with Crippen LogP contribution in [0.3, 0.4) is 0 Å². The molecule has 0 fully saturated rings. The van der Waals surface area contributed by atoms with E-state index in [1.54, 1.807) is 44.6 Å². The molecule has 1 amide bonds. The van der Waals surface area contributed by atoms with E-state index in [1.165, 1.54) is 0 Å². The number of rotatable bonds is 4. The van der Waals surface area contributed by atoms with E-state index >= 15 is 0 Å². The number of ether oxygens (including phenoxy) is 4. The van der Waals surface area contributed by atoms with Crippen molar-refractivity contribution in [2.24, 2.45) is 0 Å². The van der Waals surface area contributed by atoms with Crippen molar-refractivity contribution in [3.8, 4) is 23.0 Å². The number of nitrogens with one attached hydrogen (secondary N) is 1. The Balaban J connectivity index is 1.70. The normalized spacial score (nSPS) is 15.7. The van der Waals surface area contributed by atoms with Gasteiger partial charge in [0, 0.05) is 11.8 Å². The number of para-hydroxylation sites is 2. The lowest BCUT2D eigenvalue weighted by atomic mass is 10.2. The van der Waals surface area contributed by atoms with Crippen LogP contribution in [0.4, 0.5) is 5.69 Å². The van der Waals surface area contributed by atoms with Gasteiger partial charge in [-0.05, 0) is 24.3 Å². The summed E-state index contributed by atoms with van der Waals surface area (Å²) in [5.74, 6) is 2.05. The quantitative estimate of drug-likeness (QED) is 0.939. The van der Waals surface area contributed by atoms with Crippen molar-refractivity contribution in [1.82, 2.24) is 0 Å². The molecule has 6 nitrogen and oxygen atoms in total. The molecule has 23 heavy (non-hydrogen) atoms. The average Bonchev–Trinajstić information content (AvgIpc) is 2.61. The summed E-state index contributed by atoms with van der Waals surface area (Å²) in [5.41, 5.74) is 0.593. The number of anilines is 1. The second-order valence-electron chi connectivity index (χ2n) is 4.92. The molecule has 0 saturated heterocycles. The molecule has 1 aliphatic heterocycles. The first-order valence-corrected chi connectivity index (χ1v) is 7.12. The highest BCUT2D eigenvalue weighted by Gasteiger charge is 2.27. The summed E-state index contributed by atoms with van der Waals surface area (Å²) in [4.78, 5) is 12.3. The van der Waals surface area contributed by atoms with Crippen LogP contribution in [0.25, 0.3) is 0 Å². The topological polar surface area (TPSA) is 66.0 Å². The second kappa shape index (κ2) is 6.48. The van der Waals surface area contributed by atoms with E-state index in [-0.39, 0.29) is 12.5 Å². The zero-order valence-electron chi connectivity index (χ0n) is 12.9. The Bertz CT molecular complexity index is 716. The number of amides is 1. The number of carbonyl (C=O) groups is 1. The summed E-state index contributed by atoms with van der Waals surface area (Å²) < 4.78 is 21.6. The van der Waals surface area contributed by atoms with Gasteiger partial charge in [-0.2, -0.15) is 0 Å². The fourth-order valence-electron chi connectivity index (χ4n) is 2.29. The van der Waals surface area contributed by atoms with Crippen molar-refractivity contribution in [1.29, 1.82) is 0 Å². The number of benzene rings is 2. The zero-order valence-corrected chi connectivity index (χ0v) is 12.9. The van der Waals surface area contributed by atoms with Gasteiger partial charge in [-0.25, -0.2) is 0 Å². The molecule has 3 rings (SSSR count). The van der Waals surface area contributed by atoms with E-state index in [0.29, 0.717) is 28.7 Å². The molecule has 0 saturated carbocycles. The van der Waals surface area contributed by atoms with Crippen LogP contribution >= 0.6 is 0 Å². The van der Waals surface area contributed by atoms with Crippen molar-refractivity contribution >= 4 is 11.6 Å². The Hall–Kier alpha value is -2.89. The summed E-state index contributed by atoms with van der Waals surface area (Å²) in [6.45, 7) is 0.163. The Kier molecular flexibility index (Phi) is 4.23. The van der Waals surface area contributed by atoms with Gasteiger partial charge < -0.3 is 24.3 Å². The average molecular weight is 315 g/mol. The molecule has 1 aliphatic rings. The van der Waals surface area contributed by atoms with Crippen molar-refractivity contribution in [2.45, 2.75) is 6.10 Å². The number of fused-ring (bicyclic) bond motifs is 1. The van der Waals surface area contributed by atoms with E-state index in [4.69, 9.17) is 18.9 Å². The van der Waals surface area contributed by atoms with E-state index in [0.717, 1.165) is 0 Å². The third-order valence-corrected chi connectivity index (χ3v) is 3.45. The smallest absolute Gasteiger partial charge is 0.269 e. The Morgan fingerprint density at radius 2 is 1.83 bits per heavy atom. The predicted octanol–water partition coefficient (Wildman–Crippen LogP) is 2.48. The Morgan fingerprint density at radius 1 is 1.09 bits per heavy atom. The minimum absolute atomic E-state index is 0.163. The van der Waals surface area contributed by atoms with Crippen molar-refractivity contribution in [2.75, 3.05) is 26.1 Å². The standard InChI is InChI=1S/C17H17NO5/c1-20-12-8-7-11(9-15(12)21-2)18-17(19)16-10-22-13-5-3-4-6-14(13)23-16/h3-9,16H,10H2,1-2H3,(H,18,19)/t16-/m0/s1. The molecule has 0 aliphatic carbocycles. The zero-order chi connectivity index (χ0) is 16.2. The molecular formula is C17H17NO5. The summed E-state index contributed by atoms with van der Waals surface area (Å²) >= 11 is 0. The maximum Gasteiger partial charge on any atom is 0.269 e. The highest BCUT2D eigenvalue weighted by molar-refractivity contribution is 5.95. The van der Waals surface area contributed by atoms with Gasteiger partial charge in [-0.1, -0.05) is 12.1 Å². The van der Waals surface area contributed by atoms with Crippen LogP contribution in [-0.2, 0) is 4.79 Å². The van der Waals surface area contributed by atoms with Gasteiger partial charge in [-0.3, -0.25) is 4.79 Å². The molecule has 0 spiro atoms. The molecule has 2 aromatic rings. The first-order valence-electron chi connectivity index (χ1n) is 7.12. The monoisotopic (exact) mass is 315 g/mol. The third kappa shape index (κ3) is 3.15. The van der Waals surface area contributed by atoms with Gasteiger partial charge in [-0.15, -0.1) is 0 Å². The Morgan fingerprint density at radius 3 is 2.57 bits per heavy atom. The van der Waals surface area contributed by atoms with Crippen LogP contribution in [0.5, 0.6) is 23.0 Å². The van der Waals surface area contributed by atoms with Crippen molar-refractivity contribution in [3.63, 3.8) is 0 Å². The highest BCUT2D eigenvalue weighted by atomic mass is 16.6. The van der Waals surface area contributed by atoms with Gasteiger partial charge in [0.1, 0.15) is 6.61 Å². The molecule has 6 heteroatoms. The van der Waals surface area contributed by atoms with Crippen LogP contribution in [-0.4, -0.2) is 32.8 Å². The SMILES string of the molecule is COc1ccc(NC(=O)[C@@H]2COc3ccccc3O2)cc1OC. The lowest BCUT2D eigenvalue weighted by Crippen LogP contribution is -2.40.